The quantitative estimate of drug-likeness (QED) is 0.360. The second-order valence-corrected chi connectivity index (χ2v) is 12.8. The number of carboxylic acid groups (broad SMARTS) is 1. The summed E-state index contributed by atoms with van der Waals surface area (Å²) in [7, 11) is -2.44. The van der Waals surface area contributed by atoms with E-state index in [9.17, 15) is 26.7 Å². The molecule has 0 saturated heterocycles. The molecule has 4 aromatic carbocycles. The normalized spacial score (nSPS) is 12.2. The van der Waals surface area contributed by atoms with Crippen molar-refractivity contribution in [3.63, 3.8) is 0 Å². The summed E-state index contributed by atoms with van der Waals surface area (Å²) in [6.45, 7) is -1.27. The maximum Gasteiger partial charge on any atom is 0.320 e. The van der Waals surface area contributed by atoms with Crippen molar-refractivity contribution in [3.05, 3.63) is 72.8 Å². The van der Waals surface area contributed by atoms with Crippen LogP contribution in [0.4, 0.5) is 11.4 Å². The van der Waals surface area contributed by atoms with Crippen molar-refractivity contribution in [2.45, 2.75) is 9.79 Å². The van der Waals surface area contributed by atoms with Crippen LogP contribution in [0.3, 0.4) is 0 Å². The van der Waals surface area contributed by atoms with E-state index in [4.69, 9.17) is 0 Å². The Bertz CT molecular complexity index is 1610. The van der Waals surface area contributed by atoms with E-state index in [-0.39, 0.29) is 24.3 Å². The lowest BCUT2D eigenvalue weighted by molar-refractivity contribution is -0.136. The van der Waals surface area contributed by atoms with Gasteiger partial charge >= 0.3 is 5.97 Å². The van der Waals surface area contributed by atoms with Crippen LogP contribution in [0, 0.1) is 0 Å². The van der Waals surface area contributed by atoms with Crippen LogP contribution < -0.4 is 9.80 Å². The van der Waals surface area contributed by atoms with Crippen molar-refractivity contribution in [2.75, 3.05) is 44.5 Å². The molecule has 4 rings (SSSR count). The second kappa shape index (κ2) is 9.66. The highest BCUT2D eigenvalue weighted by atomic mass is 32.3. The fourth-order valence-corrected chi connectivity index (χ4v) is 8.32. The summed E-state index contributed by atoms with van der Waals surface area (Å²) >= 11 is 0. The fourth-order valence-electron chi connectivity index (χ4n) is 4.39. The Morgan fingerprint density at radius 2 is 0.973 bits per heavy atom. The molecule has 9 nitrogen and oxygen atoms in total. The van der Waals surface area contributed by atoms with E-state index in [2.05, 4.69) is 0 Å². The van der Waals surface area contributed by atoms with E-state index in [0.29, 0.717) is 10.8 Å². The van der Waals surface area contributed by atoms with Crippen LogP contribution in [0.1, 0.15) is 0 Å². The highest BCUT2D eigenvalue weighted by molar-refractivity contribution is 8.04. The maximum absolute atomic E-state index is 14.0. The molecule has 0 aromatic heterocycles. The number of rotatable bonds is 8. The molecule has 0 unspecified atom stereocenters. The van der Waals surface area contributed by atoms with Gasteiger partial charge in [-0.05, 0) is 24.3 Å². The van der Waals surface area contributed by atoms with Crippen molar-refractivity contribution in [1.82, 2.24) is 3.71 Å². The zero-order valence-corrected chi connectivity index (χ0v) is 22.4. The first-order valence-corrected chi connectivity index (χ1v) is 14.1. The smallest absolute Gasteiger partial charge is 0.320 e. The zero-order valence-electron chi connectivity index (χ0n) is 20.8. The molecule has 0 fully saturated rings. The molecule has 0 radical (unpaired) electrons. The van der Waals surface area contributed by atoms with Crippen LogP contribution in [-0.4, -0.2) is 66.4 Å². The van der Waals surface area contributed by atoms with E-state index in [1.807, 2.05) is 21.9 Å². The molecule has 1 N–H and O–H groups in total. The zero-order chi connectivity index (χ0) is 27.1. The van der Waals surface area contributed by atoms with Gasteiger partial charge in [-0.2, -0.15) is 0 Å². The summed E-state index contributed by atoms with van der Waals surface area (Å²) in [5, 5.41) is 11.3. The van der Waals surface area contributed by atoms with Crippen molar-refractivity contribution >= 4 is 58.9 Å². The summed E-state index contributed by atoms with van der Waals surface area (Å²) in [5.74, 6) is -1.60. The monoisotopic (exact) mass is 541 g/mol. The highest BCUT2D eigenvalue weighted by Gasteiger charge is 2.40. The SMILES string of the molecule is CN(C)c1cccc2c(S(=O)(=O)N(CC(=O)O)S(=O)(=O)c3cccc4c(N(C)C)cccc34)cccc12. The minimum atomic E-state index is -4.83. The first-order valence-electron chi connectivity index (χ1n) is 11.2. The molecular formula is C26H27N3O6S2. The molecule has 0 saturated carbocycles. The van der Waals surface area contributed by atoms with Gasteiger partial charge in [0.05, 0.1) is 9.79 Å². The fraction of sp³-hybridized carbons (Fsp3) is 0.192. The minimum Gasteiger partial charge on any atom is -0.480 e. The molecule has 194 valence electrons. The summed E-state index contributed by atoms with van der Waals surface area (Å²) in [6, 6.07) is 19.1. The van der Waals surface area contributed by atoms with E-state index < -0.39 is 32.6 Å². The van der Waals surface area contributed by atoms with E-state index in [1.165, 1.54) is 24.3 Å². The third-order valence-corrected chi connectivity index (χ3v) is 10.4. The third kappa shape index (κ3) is 4.61. The standard InChI is InChI=1S/C26H27N3O6S2/c1-27(2)22-13-5-11-20-18(22)9-7-15-24(20)36(32,33)29(17-26(30)31)37(34,35)25-16-8-10-19-21(25)12-6-14-23(19)28(3)4/h5-16H,17H2,1-4H3,(H,30,31). The molecule has 0 bridgehead atoms. The average Bonchev–Trinajstić information content (AvgIpc) is 2.85. The molecule has 37 heavy (non-hydrogen) atoms. The number of benzene rings is 4. The van der Waals surface area contributed by atoms with Gasteiger partial charge in [0.15, 0.2) is 0 Å². The maximum atomic E-state index is 14.0. The molecule has 11 heteroatoms. The molecule has 0 atom stereocenters. The number of carbonyl (C=O) groups is 1. The van der Waals surface area contributed by atoms with Gasteiger partial charge in [0.2, 0.25) is 0 Å². The molecule has 0 amide bonds. The molecule has 0 aliphatic carbocycles. The predicted octanol–water partition coefficient (Wildman–Crippen LogP) is 3.59. The van der Waals surface area contributed by atoms with Crippen molar-refractivity contribution in [2.24, 2.45) is 0 Å². The average molecular weight is 542 g/mol. The van der Waals surface area contributed by atoms with Crippen molar-refractivity contribution in [1.29, 1.82) is 0 Å². The Kier molecular flexibility index (Phi) is 6.89. The largest absolute Gasteiger partial charge is 0.480 e. The molecule has 0 aliphatic rings. The topological polar surface area (TPSA) is 115 Å². The Morgan fingerprint density at radius 3 is 1.32 bits per heavy atom. The Balaban J connectivity index is 1.99. The lowest BCUT2D eigenvalue weighted by atomic mass is 10.1. The van der Waals surface area contributed by atoms with Gasteiger partial charge in [-0.15, -0.1) is 0 Å². The highest BCUT2D eigenvalue weighted by Crippen LogP contribution is 2.36. The molecule has 4 aromatic rings. The van der Waals surface area contributed by atoms with Gasteiger partial charge in [0.25, 0.3) is 20.0 Å². The second-order valence-electron chi connectivity index (χ2n) is 8.88. The third-order valence-electron chi connectivity index (χ3n) is 6.04. The summed E-state index contributed by atoms with van der Waals surface area (Å²) in [4.78, 5) is 14.8. The lowest BCUT2D eigenvalue weighted by Gasteiger charge is -2.23. The number of nitrogens with zero attached hydrogens (tertiary/aromatic N) is 3. The summed E-state index contributed by atoms with van der Waals surface area (Å²) in [5.41, 5.74) is 1.46. The number of hydrogen-bond acceptors (Lipinski definition) is 7. The first-order chi connectivity index (χ1) is 17.4. The first kappa shape index (κ1) is 26.4. The number of anilines is 2. The van der Waals surface area contributed by atoms with Crippen LogP contribution in [0.25, 0.3) is 21.5 Å². The van der Waals surface area contributed by atoms with Crippen LogP contribution in [0.15, 0.2) is 82.6 Å². The number of hydrogen-bond donors (Lipinski definition) is 1. The van der Waals surface area contributed by atoms with Gasteiger partial charge in [-0.1, -0.05) is 52.2 Å². The van der Waals surface area contributed by atoms with E-state index in [0.717, 1.165) is 11.4 Å². The van der Waals surface area contributed by atoms with Crippen molar-refractivity contribution < 1.29 is 26.7 Å². The molecule has 0 aliphatic heterocycles. The van der Waals surface area contributed by atoms with Gasteiger partial charge in [-0.3, -0.25) is 4.79 Å². The van der Waals surface area contributed by atoms with Crippen LogP contribution in [0.5, 0.6) is 0 Å². The van der Waals surface area contributed by atoms with Crippen molar-refractivity contribution in [3.8, 4) is 0 Å². The number of aliphatic carboxylic acids is 1. The molecule has 0 spiro atoms. The van der Waals surface area contributed by atoms with Gasteiger partial charge in [-0.25, -0.2) is 16.8 Å². The predicted molar refractivity (Wildman–Crippen MR) is 145 cm³/mol. The van der Waals surface area contributed by atoms with Gasteiger partial charge in [0, 0.05) is 61.1 Å². The minimum absolute atomic E-state index is 0.0799. The number of carboxylic acids is 1. The van der Waals surface area contributed by atoms with Gasteiger partial charge < -0.3 is 14.9 Å². The Hall–Kier alpha value is -3.67. The van der Waals surface area contributed by atoms with Crippen LogP contribution in [-0.2, 0) is 24.8 Å². The van der Waals surface area contributed by atoms with E-state index >= 15 is 0 Å². The Morgan fingerprint density at radius 1 is 0.622 bits per heavy atom. The Labute approximate surface area is 216 Å². The molecular weight excluding hydrogens is 514 g/mol. The van der Waals surface area contributed by atoms with E-state index in [1.54, 1.807) is 64.6 Å². The number of fused-ring (bicyclic) bond motifs is 2. The van der Waals surface area contributed by atoms with Crippen LogP contribution in [0.2, 0.25) is 0 Å². The summed E-state index contributed by atoms with van der Waals surface area (Å²) in [6.07, 6.45) is 0. The molecule has 0 heterocycles. The van der Waals surface area contributed by atoms with Gasteiger partial charge in [0.1, 0.15) is 6.54 Å². The lowest BCUT2D eigenvalue weighted by Crippen LogP contribution is -2.40. The van der Waals surface area contributed by atoms with Crippen LogP contribution >= 0.6 is 0 Å². The summed E-state index contributed by atoms with van der Waals surface area (Å²) < 4.78 is 55.9. The number of sulfonamides is 2.